The number of hydrogen-bond donors (Lipinski definition) is 2. The molecular formula is C15H26N6O. The molecule has 122 valence electrons. The van der Waals surface area contributed by atoms with Crippen molar-refractivity contribution in [1.82, 2.24) is 20.2 Å². The van der Waals surface area contributed by atoms with Gasteiger partial charge in [0.25, 0.3) is 5.91 Å². The van der Waals surface area contributed by atoms with Crippen LogP contribution >= 0.6 is 0 Å². The van der Waals surface area contributed by atoms with E-state index in [0.29, 0.717) is 6.54 Å². The lowest BCUT2D eigenvalue weighted by molar-refractivity contribution is 0.0784. The molecule has 0 bridgehead atoms. The maximum absolute atomic E-state index is 12.5. The molecule has 2 heterocycles. The van der Waals surface area contributed by atoms with Crippen molar-refractivity contribution in [3.05, 3.63) is 17.1 Å². The number of carbonyl (C=O) groups is 1. The summed E-state index contributed by atoms with van der Waals surface area (Å²) in [5, 5.41) is 3.03. The predicted molar refractivity (Wildman–Crippen MR) is 87.2 cm³/mol. The van der Waals surface area contributed by atoms with Crippen LogP contribution in [0, 0.1) is 13.8 Å². The van der Waals surface area contributed by atoms with Gasteiger partial charge in [0.05, 0.1) is 0 Å². The van der Waals surface area contributed by atoms with Gasteiger partial charge in [-0.1, -0.05) is 0 Å². The molecule has 0 unspecified atom stereocenters. The SMILES string of the molecule is CNCCN(C)C(=O)c1nc(C)c(C)c(N2CC[C@@H](N)C2)n1. The third-order valence-corrected chi connectivity index (χ3v) is 4.12. The lowest BCUT2D eigenvalue weighted by Crippen LogP contribution is -2.35. The van der Waals surface area contributed by atoms with Crippen LogP contribution < -0.4 is 16.0 Å². The van der Waals surface area contributed by atoms with Gasteiger partial charge in [0.2, 0.25) is 5.82 Å². The lowest BCUT2D eigenvalue weighted by Gasteiger charge is -2.22. The van der Waals surface area contributed by atoms with Crippen LogP contribution in [0.1, 0.15) is 28.3 Å². The van der Waals surface area contributed by atoms with Crippen molar-refractivity contribution in [3.63, 3.8) is 0 Å². The van der Waals surface area contributed by atoms with E-state index in [2.05, 4.69) is 20.2 Å². The Morgan fingerprint density at radius 1 is 1.45 bits per heavy atom. The van der Waals surface area contributed by atoms with Crippen LogP contribution in [0.2, 0.25) is 0 Å². The highest BCUT2D eigenvalue weighted by Gasteiger charge is 2.25. The maximum atomic E-state index is 12.5. The molecule has 0 aliphatic carbocycles. The van der Waals surface area contributed by atoms with Gasteiger partial charge in [-0.15, -0.1) is 0 Å². The molecule has 7 heteroatoms. The van der Waals surface area contributed by atoms with E-state index >= 15 is 0 Å². The van der Waals surface area contributed by atoms with E-state index in [-0.39, 0.29) is 17.8 Å². The summed E-state index contributed by atoms with van der Waals surface area (Å²) in [6, 6.07) is 0.173. The first kappa shape index (κ1) is 16.6. The van der Waals surface area contributed by atoms with Gasteiger partial charge in [-0.3, -0.25) is 4.79 Å². The molecule has 1 atom stereocenters. The Morgan fingerprint density at radius 2 is 2.18 bits per heavy atom. The second-order valence-corrected chi connectivity index (χ2v) is 5.91. The fraction of sp³-hybridized carbons (Fsp3) is 0.667. The summed E-state index contributed by atoms with van der Waals surface area (Å²) in [5.74, 6) is 0.950. The minimum atomic E-state index is -0.150. The second-order valence-electron chi connectivity index (χ2n) is 5.91. The zero-order valence-corrected chi connectivity index (χ0v) is 13.9. The number of nitrogens with two attached hydrogens (primary N) is 1. The van der Waals surface area contributed by atoms with Gasteiger partial charge in [-0.2, -0.15) is 0 Å². The van der Waals surface area contributed by atoms with Crippen LogP contribution in [0.5, 0.6) is 0 Å². The van der Waals surface area contributed by atoms with E-state index < -0.39 is 0 Å². The van der Waals surface area contributed by atoms with Crippen molar-refractivity contribution in [2.75, 3.05) is 45.2 Å². The van der Waals surface area contributed by atoms with Gasteiger partial charge >= 0.3 is 0 Å². The molecule has 3 N–H and O–H groups in total. The normalized spacial score (nSPS) is 17.9. The van der Waals surface area contributed by atoms with Gasteiger partial charge < -0.3 is 20.9 Å². The molecule has 0 saturated carbocycles. The quantitative estimate of drug-likeness (QED) is 0.791. The number of nitrogens with zero attached hydrogens (tertiary/aromatic N) is 4. The topological polar surface area (TPSA) is 87.4 Å². The minimum absolute atomic E-state index is 0.150. The van der Waals surface area contributed by atoms with Crippen molar-refractivity contribution in [3.8, 4) is 0 Å². The summed E-state index contributed by atoms with van der Waals surface area (Å²) in [6.07, 6.45) is 0.952. The Kier molecular flexibility index (Phi) is 5.31. The molecule has 0 radical (unpaired) electrons. The zero-order valence-electron chi connectivity index (χ0n) is 13.9. The van der Waals surface area contributed by atoms with Gasteiger partial charge in [0, 0.05) is 50.5 Å². The van der Waals surface area contributed by atoms with Crippen LogP contribution in [0.4, 0.5) is 5.82 Å². The Bertz CT molecular complexity index is 547. The molecule has 0 spiro atoms. The third-order valence-electron chi connectivity index (χ3n) is 4.12. The zero-order chi connectivity index (χ0) is 16.3. The van der Waals surface area contributed by atoms with Gasteiger partial charge in [-0.25, -0.2) is 9.97 Å². The van der Waals surface area contributed by atoms with Crippen molar-refractivity contribution in [2.24, 2.45) is 5.73 Å². The van der Waals surface area contributed by atoms with E-state index in [9.17, 15) is 4.79 Å². The van der Waals surface area contributed by atoms with Crippen molar-refractivity contribution >= 4 is 11.7 Å². The smallest absolute Gasteiger partial charge is 0.291 e. The van der Waals surface area contributed by atoms with Gasteiger partial charge in [-0.05, 0) is 27.3 Å². The molecule has 0 aromatic carbocycles. The number of hydrogen-bond acceptors (Lipinski definition) is 6. The third kappa shape index (κ3) is 3.53. The number of rotatable bonds is 5. The lowest BCUT2D eigenvalue weighted by atomic mass is 10.2. The van der Waals surface area contributed by atoms with Crippen LogP contribution in [0.25, 0.3) is 0 Å². The number of likely N-dealkylation sites (N-methyl/N-ethyl adjacent to an activating group) is 2. The molecule has 1 saturated heterocycles. The number of amides is 1. The molecule has 1 aromatic heterocycles. The summed E-state index contributed by atoms with van der Waals surface area (Å²) in [4.78, 5) is 25.2. The summed E-state index contributed by atoms with van der Waals surface area (Å²) in [7, 11) is 3.63. The standard InChI is InChI=1S/C15H26N6O/c1-10-11(2)18-13(15(22)20(4)8-6-17-3)19-14(10)21-7-5-12(16)9-21/h12,17H,5-9,16H2,1-4H3/t12-/m1/s1. The van der Waals surface area contributed by atoms with E-state index in [1.54, 1.807) is 11.9 Å². The molecule has 1 aliphatic heterocycles. The highest BCUT2D eigenvalue weighted by atomic mass is 16.2. The number of nitrogens with one attached hydrogen (secondary N) is 1. The van der Waals surface area contributed by atoms with Crippen LogP contribution in [-0.4, -0.2) is 67.1 Å². The Morgan fingerprint density at radius 3 is 2.77 bits per heavy atom. The highest BCUT2D eigenvalue weighted by molar-refractivity contribution is 5.90. The average Bonchev–Trinajstić information content (AvgIpc) is 2.92. The monoisotopic (exact) mass is 306 g/mol. The van der Waals surface area contributed by atoms with Gasteiger partial charge in [0.15, 0.2) is 0 Å². The molecular weight excluding hydrogens is 280 g/mol. The first-order valence-electron chi connectivity index (χ1n) is 7.70. The summed E-state index contributed by atoms with van der Waals surface area (Å²) < 4.78 is 0. The number of aryl methyl sites for hydroxylation is 1. The first-order valence-corrected chi connectivity index (χ1v) is 7.70. The van der Waals surface area contributed by atoms with E-state index in [1.165, 1.54) is 0 Å². The molecule has 7 nitrogen and oxygen atoms in total. The van der Waals surface area contributed by atoms with E-state index in [0.717, 1.165) is 43.1 Å². The highest BCUT2D eigenvalue weighted by Crippen LogP contribution is 2.23. The van der Waals surface area contributed by atoms with Crippen molar-refractivity contribution in [1.29, 1.82) is 0 Å². The summed E-state index contributed by atoms with van der Waals surface area (Å²) in [6.45, 7) is 6.92. The molecule has 1 amide bonds. The predicted octanol–water partition coefficient (Wildman–Crippen LogP) is -0.0778. The number of anilines is 1. The van der Waals surface area contributed by atoms with Gasteiger partial charge in [0.1, 0.15) is 5.82 Å². The van der Waals surface area contributed by atoms with Crippen LogP contribution in [0.15, 0.2) is 0 Å². The molecule has 2 rings (SSSR count). The summed E-state index contributed by atoms with van der Waals surface area (Å²) in [5.41, 5.74) is 7.84. The van der Waals surface area contributed by atoms with Crippen LogP contribution in [-0.2, 0) is 0 Å². The molecule has 22 heavy (non-hydrogen) atoms. The number of aromatic nitrogens is 2. The molecule has 1 aliphatic rings. The first-order chi connectivity index (χ1) is 10.4. The summed E-state index contributed by atoms with van der Waals surface area (Å²) >= 11 is 0. The average molecular weight is 306 g/mol. The maximum Gasteiger partial charge on any atom is 0.291 e. The fourth-order valence-corrected chi connectivity index (χ4v) is 2.55. The fourth-order valence-electron chi connectivity index (χ4n) is 2.55. The Labute approximate surface area is 131 Å². The minimum Gasteiger partial charge on any atom is -0.355 e. The van der Waals surface area contributed by atoms with Crippen molar-refractivity contribution in [2.45, 2.75) is 26.3 Å². The Hall–Kier alpha value is -1.73. The molecule has 1 aromatic rings. The Balaban J connectivity index is 2.26. The van der Waals surface area contributed by atoms with Crippen LogP contribution in [0.3, 0.4) is 0 Å². The second kappa shape index (κ2) is 7.02. The largest absolute Gasteiger partial charge is 0.355 e. The molecule has 1 fully saturated rings. The number of carbonyl (C=O) groups excluding carboxylic acids is 1. The van der Waals surface area contributed by atoms with E-state index in [1.807, 2.05) is 20.9 Å². The van der Waals surface area contributed by atoms with Crippen molar-refractivity contribution < 1.29 is 4.79 Å². The van der Waals surface area contributed by atoms with E-state index in [4.69, 9.17) is 5.73 Å².